The van der Waals surface area contributed by atoms with Crippen molar-refractivity contribution in [3.8, 4) is 16.9 Å². The fraction of sp³-hybridized carbons (Fsp3) is 0.409. The number of aryl methyl sites for hydroxylation is 1. The van der Waals surface area contributed by atoms with Gasteiger partial charge >= 0.3 is 18.2 Å². The molecule has 0 aliphatic heterocycles. The molecule has 0 saturated carbocycles. The Hall–Kier alpha value is -3.30. The monoisotopic (exact) mass is 454 g/mol. The van der Waals surface area contributed by atoms with Crippen LogP contribution in [0, 0.1) is 6.92 Å². The summed E-state index contributed by atoms with van der Waals surface area (Å²) < 4.78 is 53.0. The van der Waals surface area contributed by atoms with Crippen LogP contribution >= 0.6 is 0 Å². The zero-order chi connectivity index (χ0) is 24.4. The average molecular weight is 454 g/mol. The molecule has 1 N–H and O–H groups in total. The van der Waals surface area contributed by atoms with Crippen molar-refractivity contribution >= 4 is 17.7 Å². The molecule has 0 saturated heterocycles. The van der Waals surface area contributed by atoms with Gasteiger partial charge in [0.15, 0.2) is 5.75 Å². The second-order valence-electron chi connectivity index (χ2n) is 8.07. The van der Waals surface area contributed by atoms with E-state index in [0.29, 0.717) is 0 Å². The molecule has 2 aromatic rings. The van der Waals surface area contributed by atoms with E-state index in [0.717, 1.165) is 10.6 Å². The Labute approximate surface area is 183 Å². The first-order valence-corrected chi connectivity index (χ1v) is 9.77. The van der Waals surface area contributed by atoms with Crippen molar-refractivity contribution in [3.63, 3.8) is 0 Å². The van der Waals surface area contributed by atoms with Crippen LogP contribution in [0.2, 0.25) is 0 Å². The first-order chi connectivity index (χ1) is 14.7. The number of nitrogens with one attached hydrogen (secondary N) is 1. The lowest BCUT2D eigenvalue weighted by atomic mass is 9.98. The maximum Gasteiger partial charge on any atom is 0.417 e. The van der Waals surface area contributed by atoms with Gasteiger partial charge in [0, 0.05) is 24.7 Å². The molecule has 7 nitrogen and oxygen atoms in total. The van der Waals surface area contributed by atoms with Crippen molar-refractivity contribution in [1.82, 2.24) is 4.57 Å². The Balaban J connectivity index is 2.80. The standard InChI is InChI=1S/C22H25F3N2O5/c1-7-16(28)31-18-13(9-8-10-15(18)26-20(30)32-21(3,4)5)17-14(22(23,24)25)11-12(2)27(6)19(17)29/h8-11H,7H2,1-6H3,(H,26,30). The number of alkyl halides is 3. The maximum absolute atomic E-state index is 13.8. The number of nitrogens with zero attached hydrogens (tertiary/aromatic N) is 1. The Morgan fingerprint density at radius 1 is 1.16 bits per heavy atom. The number of hydrogen-bond donors (Lipinski definition) is 1. The number of carbonyl (C=O) groups is 2. The van der Waals surface area contributed by atoms with Crippen LogP contribution in [-0.4, -0.2) is 22.2 Å². The summed E-state index contributed by atoms with van der Waals surface area (Å²) in [5.74, 6) is -1.14. The van der Waals surface area contributed by atoms with E-state index in [4.69, 9.17) is 9.47 Å². The molecule has 0 aliphatic carbocycles. The van der Waals surface area contributed by atoms with E-state index >= 15 is 0 Å². The van der Waals surface area contributed by atoms with E-state index in [1.165, 1.54) is 39.1 Å². The predicted molar refractivity (Wildman–Crippen MR) is 113 cm³/mol. The van der Waals surface area contributed by atoms with Crippen LogP contribution in [-0.2, 0) is 22.8 Å². The number of carbonyl (C=O) groups excluding carboxylic acids is 2. The second-order valence-corrected chi connectivity index (χ2v) is 8.07. The number of rotatable bonds is 4. The Morgan fingerprint density at radius 2 is 1.78 bits per heavy atom. The van der Waals surface area contributed by atoms with Crippen molar-refractivity contribution in [2.24, 2.45) is 7.05 Å². The van der Waals surface area contributed by atoms with Crippen LogP contribution in [0.5, 0.6) is 5.75 Å². The van der Waals surface area contributed by atoms with Crippen molar-refractivity contribution in [2.45, 2.75) is 52.8 Å². The first-order valence-electron chi connectivity index (χ1n) is 9.77. The highest BCUT2D eigenvalue weighted by Gasteiger charge is 2.37. The van der Waals surface area contributed by atoms with Gasteiger partial charge in [0.2, 0.25) is 0 Å². The van der Waals surface area contributed by atoms with Gasteiger partial charge in [-0.25, -0.2) is 4.79 Å². The van der Waals surface area contributed by atoms with E-state index in [9.17, 15) is 27.6 Å². The Bertz CT molecular complexity index is 1100. The fourth-order valence-corrected chi connectivity index (χ4v) is 2.85. The third kappa shape index (κ3) is 5.68. The summed E-state index contributed by atoms with van der Waals surface area (Å²) in [6.07, 6.45) is -5.84. The van der Waals surface area contributed by atoms with Crippen LogP contribution in [0.15, 0.2) is 29.1 Å². The molecule has 0 bridgehead atoms. The lowest BCUT2D eigenvalue weighted by Gasteiger charge is -2.22. The number of ether oxygens (including phenoxy) is 2. The molecule has 174 valence electrons. The van der Waals surface area contributed by atoms with Gasteiger partial charge in [-0.2, -0.15) is 13.2 Å². The summed E-state index contributed by atoms with van der Waals surface area (Å²) >= 11 is 0. The van der Waals surface area contributed by atoms with Gasteiger partial charge < -0.3 is 14.0 Å². The summed E-state index contributed by atoms with van der Waals surface area (Å²) in [6, 6.07) is 4.73. The number of esters is 1. The van der Waals surface area contributed by atoms with E-state index in [-0.39, 0.29) is 29.1 Å². The molecule has 2 rings (SSSR count). The normalized spacial score (nSPS) is 11.8. The molecule has 0 unspecified atom stereocenters. The molecule has 10 heteroatoms. The van der Waals surface area contributed by atoms with Crippen molar-refractivity contribution in [3.05, 3.63) is 45.9 Å². The molecule has 1 aromatic carbocycles. The van der Waals surface area contributed by atoms with Crippen LogP contribution in [0.4, 0.5) is 23.7 Å². The quantitative estimate of drug-likeness (QED) is 0.517. The third-order valence-corrected chi connectivity index (χ3v) is 4.40. The van der Waals surface area contributed by atoms with Crippen LogP contribution in [0.25, 0.3) is 11.1 Å². The van der Waals surface area contributed by atoms with Crippen molar-refractivity contribution < 1.29 is 32.2 Å². The zero-order valence-corrected chi connectivity index (χ0v) is 18.6. The third-order valence-electron chi connectivity index (χ3n) is 4.40. The number of hydrogen-bond acceptors (Lipinski definition) is 5. The topological polar surface area (TPSA) is 86.6 Å². The average Bonchev–Trinajstić information content (AvgIpc) is 2.65. The van der Waals surface area contributed by atoms with Gasteiger partial charge in [0.25, 0.3) is 5.56 Å². The minimum atomic E-state index is -4.85. The summed E-state index contributed by atoms with van der Waals surface area (Å²) in [4.78, 5) is 37.2. The summed E-state index contributed by atoms with van der Waals surface area (Å²) in [6.45, 7) is 7.77. The van der Waals surface area contributed by atoms with Crippen LogP contribution in [0.3, 0.4) is 0 Å². The van der Waals surface area contributed by atoms with Crippen molar-refractivity contribution in [1.29, 1.82) is 0 Å². The van der Waals surface area contributed by atoms with Crippen molar-refractivity contribution in [2.75, 3.05) is 5.32 Å². The molecular weight excluding hydrogens is 429 g/mol. The summed E-state index contributed by atoms with van der Waals surface area (Å²) in [5, 5.41) is 2.38. The number of halogens is 3. The highest BCUT2D eigenvalue weighted by atomic mass is 19.4. The molecule has 1 aromatic heterocycles. The predicted octanol–water partition coefficient (Wildman–Crippen LogP) is 5.04. The van der Waals surface area contributed by atoms with Gasteiger partial charge in [0.1, 0.15) is 5.60 Å². The molecule has 1 amide bonds. The van der Waals surface area contributed by atoms with Gasteiger partial charge in [0.05, 0.1) is 16.8 Å². The van der Waals surface area contributed by atoms with E-state index in [2.05, 4.69) is 5.32 Å². The van der Waals surface area contributed by atoms with E-state index in [1.807, 2.05) is 0 Å². The highest BCUT2D eigenvalue weighted by molar-refractivity contribution is 5.92. The number of anilines is 1. The lowest BCUT2D eigenvalue weighted by Crippen LogP contribution is -2.28. The highest BCUT2D eigenvalue weighted by Crippen LogP contribution is 2.42. The fourth-order valence-electron chi connectivity index (χ4n) is 2.85. The number of benzene rings is 1. The Morgan fingerprint density at radius 3 is 2.31 bits per heavy atom. The zero-order valence-electron chi connectivity index (χ0n) is 18.6. The molecule has 0 fully saturated rings. The van der Waals surface area contributed by atoms with Gasteiger partial charge in [-0.3, -0.25) is 14.9 Å². The summed E-state index contributed by atoms with van der Waals surface area (Å²) in [7, 11) is 1.34. The van der Waals surface area contributed by atoms with Crippen LogP contribution in [0.1, 0.15) is 45.4 Å². The maximum atomic E-state index is 13.8. The number of pyridine rings is 1. The smallest absolute Gasteiger partial charge is 0.417 e. The van der Waals surface area contributed by atoms with E-state index < -0.39 is 40.5 Å². The minimum Gasteiger partial charge on any atom is -0.444 e. The first kappa shape index (κ1) is 25.0. The SMILES string of the molecule is CCC(=O)Oc1c(NC(=O)OC(C)(C)C)cccc1-c1c(C(F)(F)F)cc(C)n(C)c1=O. The number of para-hydroxylation sites is 1. The molecule has 0 aliphatic rings. The number of amides is 1. The molecule has 32 heavy (non-hydrogen) atoms. The largest absolute Gasteiger partial charge is 0.444 e. The number of aromatic nitrogens is 1. The van der Waals surface area contributed by atoms with Gasteiger partial charge in [-0.05, 0) is 39.8 Å². The lowest BCUT2D eigenvalue weighted by molar-refractivity contribution is -0.137. The van der Waals surface area contributed by atoms with Gasteiger partial charge in [-0.15, -0.1) is 0 Å². The van der Waals surface area contributed by atoms with E-state index in [1.54, 1.807) is 20.8 Å². The minimum absolute atomic E-state index is 0.0851. The summed E-state index contributed by atoms with van der Waals surface area (Å²) in [5.41, 5.74) is -3.96. The molecule has 0 atom stereocenters. The van der Waals surface area contributed by atoms with Crippen LogP contribution < -0.4 is 15.6 Å². The Kier molecular flexibility index (Phi) is 7.06. The molecule has 0 spiro atoms. The van der Waals surface area contributed by atoms with Gasteiger partial charge in [-0.1, -0.05) is 19.1 Å². The second kappa shape index (κ2) is 9.05. The molecule has 0 radical (unpaired) electrons. The molecular formula is C22H25F3N2O5. The molecule has 1 heterocycles.